The third kappa shape index (κ3) is 3.19. The van der Waals surface area contributed by atoms with Crippen LogP contribution in [0.1, 0.15) is 5.56 Å². The molecule has 0 radical (unpaired) electrons. The van der Waals surface area contributed by atoms with E-state index in [0.717, 1.165) is 27.0 Å². The van der Waals surface area contributed by atoms with Gasteiger partial charge in [-0.25, -0.2) is 4.98 Å². The lowest BCUT2D eigenvalue weighted by molar-refractivity contribution is -0.136. The van der Waals surface area contributed by atoms with Gasteiger partial charge in [0.15, 0.2) is 5.82 Å². The Kier molecular flexibility index (Phi) is 4.40. The smallest absolute Gasteiger partial charge is 0.419 e. The highest BCUT2D eigenvalue weighted by molar-refractivity contribution is 7.16. The number of nitrogens with zero attached hydrogens (tertiary/aromatic N) is 3. The molecule has 0 atom stereocenters. The van der Waals surface area contributed by atoms with Crippen LogP contribution in [0.4, 0.5) is 30.4 Å². The van der Waals surface area contributed by atoms with Gasteiger partial charge in [0.2, 0.25) is 0 Å². The summed E-state index contributed by atoms with van der Waals surface area (Å²) in [5.74, 6) is 0.212. The Bertz CT molecular complexity index is 1350. The summed E-state index contributed by atoms with van der Waals surface area (Å²) in [6.07, 6.45) is -4.64. The lowest BCUT2D eigenvalue weighted by atomic mass is 10.1. The highest BCUT2D eigenvalue weighted by Crippen LogP contribution is 2.41. The molecule has 158 valence electrons. The second-order valence-corrected chi connectivity index (χ2v) is 7.78. The molecule has 2 aromatic carbocycles. The molecule has 2 N–H and O–H groups in total. The number of hydrogen-bond acceptors (Lipinski definition) is 6. The molecule has 10 heteroatoms. The fraction of sp³-hybridized carbons (Fsp3) is 0.143. The van der Waals surface area contributed by atoms with E-state index in [4.69, 9.17) is 10.5 Å². The molecule has 0 saturated heterocycles. The summed E-state index contributed by atoms with van der Waals surface area (Å²) >= 11 is 0.793. The molecular formula is C21H15F3N4O2S. The Balaban J connectivity index is 1.77. The van der Waals surface area contributed by atoms with Crippen LogP contribution in [-0.2, 0) is 6.18 Å². The second-order valence-electron chi connectivity index (χ2n) is 6.93. The average Bonchev–Trinajstić information content (AvgIpc) is 3.18. The summed E-state index contributed by atoms with van der Waals surface area (Å²) in [4.78, 5) is 18.8. The Morgan fingerprint density at radius 2 is 1.87 bits per heavy atom. The molecule has 0 saturated carbocycles. The minimum atomic E-state index is -4.64. The molecule has 0 unspecified atom stereocenters. The highest BCUT2D eigenvalue weighted by Gasteiger charge is 2.36. The van der Waals surface area contributed by atoms with E-state index in [9.17, 15) is 18.0 Å². The zero-order chi connectivity index (χ0) is 21.8. The Labute approximate surface area is 177 Å². The first-order valence-electron chi connectivity index (χ1n) is 9.31. The molecular weight excluding hydrogens is 429 g/mol. The number of hydrogen-bond donors (Lipinski definition) is 1. The predicted molar refractivity (Wildman–Crippen MR) is 114 cm³/mol. The summed E-state index contributed by atoms with van der Waals surface area (Å²) < 4.78 is 47.6. The molecule has 2 aromatic heterocycles. The Morgan fingerprint density at radius 1 is 1.10 bits per heavy atom. The monoisotopic (exact) mass is 444 g/mol. The third-order valence-electron chi connectivity index (χ3n) is 5.05. The maximum atomic E-state index is 13.6. The van der Waals surface area contributed by atoms with E-state index in [1.165, 1.54) is 0 Å². The highest BCUT2D eigenvalue weighted by atomic mass is 32.1. The van der Waals surface area contributed by atoms with Crippen LogP contribution in [-0.4, -0.2) is 22.7 Å². The Hall–Kier alpha value is -3.53. The standard InChI is InChI=1S/C21H15F3N4O2S/c22-21(23,24)14-11-31-19-17(14)28(20(29)18(25)26-19)13-6-7-16-15(10-13)27(8-9-30-16)12-4-2-1-3-5-12/h1-7,10-11H,8-9H2,(H2,25,26). The van der Waals surface area contributed by atoms with Crippen molar-refractivity contribution in [1.82, 2.24) is 9.55 Å². The molecule has 4 aromatic rings. The molecule has 1 aliphatic rings. The van der Waals surface area contributed by atoms with E-state index in [0.29, 0.717) is 24.6 Å². The first kappa shape index (κ1) is 19.4. The molecule has 0 bridgehead atoms. The molecule has 0 amide bonds. The van der Waals surface area contributed by atoms with Gasteiger partial charge in [-0.15, -0.1) is 11.3 Å². The first-order chi connectivity index (χ1) is 14.8. The summed E-state index contributed by atoms with van der Waals surface area (Å²) in [5, 5.41) is 0.949. The van der Waals surface area contributed by atoms with Crippen molar-refractivity contribution in [1.29, 1.82) is 0 Å². The van der Waals surface area contributed by atoms with Crippen molar-refractivity contribution in [2.45, 2.75) is 6.18 Å². The number of rotatable bonds is 2. The lowest BCUT2D eigenvalue weighted by Crippen LogP contribution is -2.29. The summed E-state index contributed by atoms with van der Waals surface area (Å²) in [6.45, 7) is 1.01. The first-order valence-corrected chi connectivity index (χ1v) is 10.2. The van der Waals surface area contributed by atoms with Crippen LogP contribution in [0.5, 0.6) is 5.75 Å². The van der Waals surface area contributed by atoms with Gasteiger partial charge in [-0.2, -0.15) is 13.2 Å². The van der Waals surface area contributed by atoms with Crippen LogP contribution in [0, 0.1) is 0 Å². The summed E-state index contributed by atoms with van der Waals surface area (Å²) in [7, 11) is 0. The van der Waals surface area contributed by atoms with Crippen LogP contribution in [0.25, 0.3) is 16.0 Å². The normalized spacial score (nSPS) is 13.8. The molecule has 0 spiro atoms. The van der Waals surface area contributed by atoms with Crippen LogP contribution in [0.3, 0.4) is 0 Å². The van der Waals surface area contributed by atoms with Crippen molar-refractivity contribution < 1.29 is 17.9 Å². The zero-order valence-corrected chi connectivity index (χ0v) is 16.7. The van der Waals surface area contributed by atoms with Gasteiger partial charge in [0, 0.05) is 11.1 Å². The number of ether oxygens (including phenoxy) is 1. The number of aromatic nitrogens is 2. The predicted octanol–water partition coefficient (Wildman–Crippen LogP) is 4.58. The fourth-order valence-corrected chi connectivity index (χ4v) is 4.62. The van der Waals surface area contributed by atoms with Crippen molar-refractivity contribution in [2.24, 2.45) is 0 Å². The van der Waals surface area contributed by atoms with Gasteiger partial charge in [-0.05, 0) is 30.3 Å². The number of thiophene rings is 1. The number of para-hydroxylation sites is 1. The van der Waals surface area contributed by atoms with E-state index in [2.05, 4.69) is 4.98 Å². The SMILES string of the molecule is Nc1nc2scc(C(F)(F)F)c2n(-c2ccc3c(c2)N(c2ccccc2)CCO3)c1=O. The van der Waals surface area contributed by atoms with Crippen LogP contribution in [0.15, 0.2) is 58.7 Å². The average molecular weight is 444 g/mol. The molecule has 1 aliphatic heterocycles. The quantitative estimate of drug-likeness (QED) is 0.490. The largest absolute Gasteiger partial charge is 0.490 e. The third-order valence-corrected chi connectivity index (χ3v) is 5.91. The van der Waals surface area contributed by atoms with Gasteiger partial charge in [0.25, 0.3) is 5.56 Å². The van der Waals surface area contributed by atoms with E-state index in [1.54, 1.807) is 18.2 Å². The molecule has 0 fully saturated rings. The van der Waals surface area contributed by atoms with Crippen LogP contribution >= 0.6 is 11.3 Å². The van der Waals surface area contributed by atoms with Gasteiger partial charge in [-0.1, -0.05) is 18.2 Å². The maximum Gasteiger partial charge on any atom is 0.419 e. The number of nitrogen functional groups attached to an aromatic ring is 1. The number of fused-ring (bicyclic) bond motifs is 2. The molecule has 0 aliphatic carbocycles. The number of halogens is 3. The number of anilines is 3. The molecule has 5 rings (SSSR count). The van der Waals surface area contributed by atoms with Crippen molar-refractivity contribution in [3.63, 3.8) is 0 Å². The topological polar surface area (TPSA) is 73.4 Å². The number of nitrogens with two attached hydrogens (primary N) is 1. The van der Waals surface area contributed by atoms with Crippen LogP contribution < -0.4 is 20.9 Å². The van der Waals surface area contributed by atoms with E-state index in [1.807, 2.05) is 35.2 Å². The molecule has 3 heterocycles. The number of benzene rings is 2. The second kappa shape index (κ2) is 7.02. The van der Waals surface area contributed by atoms with Gasteiger partial charge < -0.3 is 15.4 Å². The minimum absolute atomic E-state index is 0.0401. The summed E-state index contributed by atoms with van der Waals surface area (Å²) in [6, 6.07) is 14.4. The summed E-state index contributed by atoms with van der Waals surface area (Å²) in [5.41, 5.74) is 5.51. The zero-order valence-electron chi connectivity index (χ0n) is 15.9. The van der Waals surface area contributed by atoms with Crippen molar-refractivity contribution >= 4 is 38.9 Å². The molecule has 31 heavy (non-hydrogen) atoms. The van der Waals surface area contributed by atoms with Gasteiger partial charge in [0.05, 0.1) is 29.0 Å². The van der Waals surface area contributed by atoms with E-state index >= 15 is 0 Å². The van der Waals surface area contributed by atoms with Gasteiger partial charge in [0.1, 0.15) is 17.2 Å². The maximum absolute atomic E-state index is 13.6. The number of alkyl halides is 3. The van der Waals surface area contributed by atoms with E-state index < -0.39 is 17.3 Å². The van der Waals surface area contributed by atoms with Crippen molar-refractivity contribution in [2.75, 3.05) is 23.8 Å². The van der Waals surface area contributed by atoms with Crippen LogP contribution in [0.2, 0.25) is 0 Å². The Morgan fingerprint density at radius 3 is 2.61 bits per heavy atom. The van der Waals surface area contributed by atoms with E-state index in [-0.39, 0.29) is 21.9 Å². The minimum Gasteiger partial charge on any atom is -0.490 e. The fourth-order valence-electron chi connectivity index (χ4n) is 3.68. The van der Waals surface area contributed by atoms with Crippen molar-refractivity contribution in [3.05, 3.63) is 69.8 Å². The lowest BCUT2D eigenvalue weighted by Gasteiger charge is -2.31. The van der Waals surface area contributed by atoms with Crippen molar-refractivity contribution in [3.8, 4) is 11.4 Å². The van der Waals surface area contributed by atoms with Gasteiger partial charge >= 0.3 is 6.18 Å². The molecule has 6 nitrogen and oxygen atoms in total. The van der Waals surface area contributed by atoms with Gasteiger partial charge in [-0.3, -0.25) is 9.36 Å².